The minimum absolute atomic E-state index is 0.226. The van der Waals surface area contributed by atoms with Crippen LogP contribution in [0, 0.1) is 5.41 Å². The van der Waals surface area contributed by atoms with Gasteiger partial charge in [0, 0.05) is 47.4 Å². The highest BCUT2D eigenvalue weighted by Gasteiger charge is 2.42. The molecule has 22 heavy (non-hydrogen) atoms. The topological polar surface area (TPSA) is 66.0 Å². The summed E-state index contributed by atoms with van der Waals surface area (Å²) in [6.45, 7) is 4.96. The fourth-order valence-electron chi connectivity index (χ4n) is 2.99. The molecular weight excluding hydrogens is 280 g/mol. The Kier molecular flexibility index (Phi) is 8.24. The second-order valence-electron chi connectivity index (χ2n) is 6.09. The Balaban J connectivity index is 2.44. The summed E-state index contributed by atoms with van der Waals surface area (Å²) in [6.07, 6.45) is 5.11. The summed E-state index contributed by atoms with van der Waals surface area (Å²) in [7, 11) is 5.43. The van der Waals surface area contributed by atoms with Crippen molar-refractivity contribution in [3.63, 3.8) is 0 Å². The lowest BCUT2D eigenvalue weighted by molar-refractivity contribution is -0.138. The van der Waals surface area contributed by atoms with Crippen LogP contribution in [-0.4, -0.2) is 64.2 Å². The Morgan fingerprint density at radius 3 is 2.50 bits per heavy atom. The van der Waals surface area contributed by atoms with Crippen molar-refractivity contribution in [3.05, 3.63) is 0 Å². The minimum Gasteiger partial charge on any atom is -0.382 e. The van der Waals surface area contributed by atoms with Crippen LogP contribution in [0.4, 0.5) is 0 Å². The van der Waals surface area contributed by atoms with Gasteiger partial charge in [-0.05, 0) is 26.2 Å². The van der Waals surface area contributed by atoms with E-state index in [2.05, 4.69) is 15.6 Å². The van der Waals surface area contributed by atoms with Crippen molar-refractivity contribution in [2.45, 2.75) is 39.0 Å². The van der Waals surface area contributed by atoms with Gasteiger partial charge in [-0.2, -0.15) is 0 Å². The van der Waals surface area contributed by atoms with Gasteiger partial charge in [0.25, 0.3) is 0 Å². The predicted octanol–water partition coefficient (Wildman–Crippen LogP) is 1.23. The third kappa shape index (κ3) is 5.48. The molecular formula is C16H32N4O2. The molecule has 0 unspecified atom stereocenters. The van der Waals surface area contributed by atoms with Gasteiger partial charge in [0.2, 0.25) is 5.91 Å². The second-order valence-corrected chi connectivity index (χ2v) is 6.09. The quantitative estimate of drug-likeness (QED) is 0.402. The molecule has 2 N–H and O–H groups in total. The molecule has 0 bridgehead atoms. The molecule has 6 nitrogen and oxygen atoms in total. The second kappa shape index (κ2) is 9.66. The Hall–Kier alpha value is -1.30. The molecule has 1 aliphatic carbocycles. The maximum Gasteiger partial charge on any atom is 0.230 e. The van der Waals surface area contributed by atoms with Crippen LogP contribution in [0.1, 0.15) is 39.0 Å². The monoisotopic (exact) mass is 312 g/mol. The molecule has 0 aromatic rings. The van der Waals surface area contributed by atoms with Crippen LogP contribution in [-0.2, 0) is 9.53 Å². The van der Waals surface area contributed by atoms with Gasteiger partial charge in [-0.15, -0.1) is 0 Å². The van der Waals surface area contributed by atoms with Gasteiger partial charge in [0.05, 0.1) is 5.41 Å². The van der Waals surface area contributed by atoms with Gasteiger partial charge in [-0.25, -0.2) is 0 Å². The van der Waals surface area contributed by atoms with E-state index in [0.717, 1.165) is 57.8 Å². The third-order valence-electron chi connectivity index (χ3n) is 4.20. The van der Waals surface area contributed by atoms with Crippen LogP contribution in [0.15, 0.2) is 4.99 Å². The summed E-state index contributed by atoms with van der Waals surface area (Å²) in [4.78, 5) is 18.5. The van der Waals surface area contributed by atoms with Crippen LogP contribution in [0.3, 0.4) is 0 Å². The summed E-state index contributed by atoms with van der Waals surface area (Å²) in [5.74, 6) is 0.985. The van der Waals surface area contributed by atoms with E-state index < -0.39 is 0 Å². The number of nitrogens with zero attached hydrogens (tertiary/aromatic N) is 2. The number of ether oxygens (including phenoxy) is 1. The first-order chi connectivity index (χ1) is 10.6. The smallest absolute Gasteiger partial charge is 0.230 e. The normalized spacial score (nSPS) is 17.4. The highest BCUT2D eigenvalue weighted by Crippen LogP contribution is 2.38. The molecule has 0 aromatic carbocycles. The highest BCUT2D eigenvalue weighted by atomic mass is 16.5. The van der Waals surface area contributed by atoms with Crippen molar-refractivity contribution >= 4 is 11.9 Å². The first-order valence-electron chi connectivity index (χ1n) is 8.30. The molecule has 1 saturated carbocycles. The third-order valence-corrected chi connectivity index (χ3v) is 4.20. The van der Waals surface area contributed by atoms with Crippen molar-refractivity contribution in [3.8, 4) is 0 Å². The zero-order chi connectivity index (χ0) is 16.4. The summed E-state index contributed by atoms with van der Waals surface area (Å²) < 4.78 is 5.31. The maximum atomic E-state index is 12.5. The van der Waals surface area contributed by atoms with E-state index >= 15 is 0 Å². The molecule has 6 heteroatoms. The summed E-state index contributed by atoms with van der Waals surface area (Å²) in [5, 5.41) is 6.60. The lowest BCUT2D eigenvalue weighted by atomic mass is 9.84. The number of guanidine groups is 1. The largest absolute Gasteiger partial charge is 0.382 e. The van der Waals surface area contributed by atoms with E-state index in [9.17, 15) is 4.79 Å². The van der Waals surface area contributed by atoms with E-state index in [1.165, 1.54) is 0 Å². The molecule has 1 aliphatic rings. The number of hydrogen-bond acceptors (Lipinski definition) is 3. The summed E-state index contributed by atoms with van der Waals surface area (Å²) >= 11 is 0. The molecule has 0 heterocycles. The Morgan fingerprint density at radius 2 is 1.95 bits per heavy atom. The zero-order valence-electron chi connectivity index (χ0n) is 14.6. The molecule has 0 saturated heterocycles. The molecule has 0 aromatic heterocycles. The first kappa shape index (κ1) is 18.7. The van der Waals surface area contributed by atoms with Gasteiger partial charge in [0.1, 0.15) is 0 Å². The molecule has 1 rings (SSSR count). The minimum atomic E-state index is -0.271. The highest BCUT2D eigenvalue weighted by molar-refractivity contribution is 5.85. The zero-order valence-corrected chi connectivity index (χ0v) is 14.6. The van der Waals surface area contributed by atoms with E-state index in [4.69, 9.17) is 4.74 Å². The van der Waals surface area contributed by atoms with Crippen LogP contribution < -0.4 is 10.6 Å². The van der Waals surface area contributed by atoms with Crippen molar-refractivity contribution in [2.24, 2.45) is 10.4 Å². The number of amides is 1. The van der Waals surface area contributed by atoms with E-state index in [-0.39, 0.29) is 11.3 Å². The number of nitrogens with one attached hydrogen (secondary N) is 2. The van der Waals surface area contributed by atoms with Crippen molar-refractivity contribution in [1.29, 1.82) is 0 Å². The lowest BCUT2D eigenvalue weighted by Crippen LogP contribution is -2.49. The van der Waals surface area contributed by atoms with Gasteiger partial charge >= 0.3 is 0 Å². The Labute approximate surface area is 134 Å². The molecule has 0 atom stereocenters. The van der Waals surface area contributed by atoms with Gasteiger partial charge < -0.3 is 20.3 Å². The van der Waals surface area contributed by atoms with Gasteiger partial charge in [-0.1, -0.05) is 12.8 Å². The SMILES string of the molecule is CCOCCCNC(=NC)NCC1(C(=O)N(C)C)CCCC1. The predicted molar refractivity (Wildman–Crippen MR) is 90.1 cm³/mol. The molecule has 1 amide bonds. The van der Waals surface area contributed by atoms with E-state index in [0.29, 0.717) is 6.54 Å². The Morgan fingerprint density at radius 1 is 1.27 bits per heavy atom. The maximum absolute atomic E-state index is 12.5. The van der Waals surface area contributed by atoms with E-state index in [1.54, 1.807) is 11.9 Å². The fraction of sp³-hybridized carbons (Fsp3) is 0.875. The Bertz CT molecular complexity index is 363. The van der Waals surface area contributed by atoms with Gasteiger partial charge in [-0.3, -0.25) is 9.79 Å². The fourth-order valence-corrected chi connectivity index (χ4v) is 2.99. The summed E-state index contributed by atoms with van der Waals surface area (Å²) in [6, 6.07) is 0. The van der Waals surface area contributed by atoms with Crippen LogP contribution in [0.5, 0.6) is 0 Å². The number of hydrogen-bond donors (Lipinski definition) is 2. The summed E-state index contributed by atoms with van der Waals surface area (Å²) in [5.41, 5.74) is -0.271. The number of aliphatic imine (C=N–C) groups is 1. The molecule has 128 valence electrons. The average molecular weight is 312 g/mol. The average Bonchev–Trinajstić information content (AvgIpc) is 2.99. The van der Waals surface area contributed by atoms with Crippen LogP contribution >= 0.6 is 0 Å². The lowest BCUT2D eigenvalue weighted by Gasteiger charge is -2.31. The van der Waals surface area contributed by atoms with Crippen LogP contribution in [0.2, 0.25) is 0 Å². The van der Waals surface area contributed by atoms with Crippen molar-refractivity contribution in [2.75, 3.05) is 47.4 Å². The van der Waals surface area contributed by atoms with Crippen LogP contribution in [0.25, 0.3) is 0 Å². The van der Waals surface area contributed by atoms with Crippen molar-refractivity contribution < 1.29 is 9.53 Å². The molecule has 1 fully saturated rings. The standard InChI is InChI=1S/C16H32N4O2/c1-5-22-12-8-11-18-15(17-2)19-13-16(9-6-7-10-16)14(21)20(3)4/h5-13H2,1-4H3,(H2,17,18,19). The van der Waals surface area contributed by atoms with Gasteiger partial charge in [0.15, 0.2) is 5.96 Å². The molecule has 0 spiro atoms. The first-order valence-corrected chi connectivity index (χ1v) is 8.30. The number of rotatable bonds is 8. The molecule has 0 radical (unpaired) electrons. The number of carbonyl (C=O) groups is 1. The van der Waals surface area contributed by atoms with Crippen molar-refractivity contribution in [1.82, 2.24) is 15.5 Å². The number of carbonyl (C=O) groups excluding carboxylic acids is 1. The van der Waals surface area contributed by atoms with E-state index in [1.807, 2.05) is 21.0 Å². The molecule has 0 aliphatic heterocycles.